The summed E-state index contributed by atoms with van der Waals surface area (Å²) < 4.78 is 29.1. The van der Waals surface area contributed by atoms with Gasteiger partial charge in [0.1, 0.15) is 29.0 Å². The van der Waals surface area contributed by atoms with Crippen LogP contribution in [0.5, 0.6) is 0 Å². The highest BCUT2D eigenvalue weighted by Gasteiger charge is 2.62. The van der Waals surface area contributed by atoms with Gasteiger partial charge in [0, 0.05) is 31.1 Å². The Morgan fingerprint density at radius 1 is 1.12 bits per heavy atom. The number of aryl methyl sites for hydroxylation is 1. The molecule has 5 atom stereocenters. The first-order valence-corrected chi connectivity index (χ1v) is 18.4. The van der Waals surface area contributed by atoms with Gasteiger partial charge in [-0.1, -0.05) is 32.9 Å². The molecule has 4 aliphatic rings. The van der Waals surface area contributed by atoms with Crippen molar-refractivity contribution in [2.24, 2.45) is 17.3 Å². The van der Waals surface area contributed by atoms with E-state index in [0.29, 0.717) is 42.2 Å². The topological polar surface area (TPSA) is 188 Å². The number of pyridine rings is 1. The summed E-state index contributed by atoms with van der Waals surface area (Å²) in [6.07, 6.45) is 6.53. The number of hydrogen-bond donors (Lipinski definition) is 4. The maximum atomic E-state index is 14.4. The summed E-state index contributed by atoms with van der Waals surface area (Å²) in [6.45, 7) is 10.9. The summed E-state index contributed by atoms with van der Waals surface area (Å²) in [7, 11) is -3.89. The van der Waals surface area contributed by atoms with E-state index >= 15 is 0 Å². The molecule has 2 aromatic rings. The van der Waals surface area contributed by atoms with Gasteiger partial charge in [-0.3, -0.25) is 33.1 Å². The van der Waals surface area contributed by atoms with Crippen molar-refractivity contribution < 1.29 is 32.4 Å². The molecule has 0 spiro atoms. The lowest BCUT2D eigenvalue weighted by Crippen LogP contribution is -2.60. The van der Waals surface area contributed by atoms with E-state index in [9.17, 15) is 32.4 Å². The average Bonchev–Trinajstić information content (AvgIpc) is 3.94. The zero-order valence-corrected chi connectivity index (χ0v) is 29.1. The molecule has 1 saturated heterocycles. The monoisotopic (exact) mass is 695 g/mol. The molecule has 15 heteroatoms. The SMILES string of the molecule is C=CC1CC1(NC(=O)[C@@H]1C[C@@H](NC(=O)c2c(C)nc3ccccn23)CN1C(=O)[C@@H](NC(=O)CC1CC1)C(C)(C)C)C(=O)NS(=O)(=O)C1CC1. The number of nitrogens with one attached hydrogen (secondary N) is 4. The summed E-state index contributed by atoms with van der Waals surface area (Å²) in [5.74, 6) is -2.92. The molecule has 6 rings (SSSR count). The lowest BCUT2D eigenvalue weighted by atomic mass is 9.85. The molecule has 14 nitrogen and oxygen atoms in total. The zero-order valence-electron chi connectivity index (χ0n) is 28.3. The van der Waals surface area contributed by atoms with Crippen LogP contribution in [0.1, 0.15) is 81.9 Å². The van der Waals surface area contributed by atoms with Crippen LogP contribution in [0.2, 0.25) is 0 Å². The maximum Gasteiger partial charge on any atom is 0.270 e. The molecule has 49 heavy (non-hydrogen) atoms. The van der Waals surface area contributed by atoms with Crippen LogP contribution in [0, 0.1) is 24.2 Å². The predicted octanol–water partition coefficient (Wildman–Crippen LogP) is 1.34. The van der Waals surface area contributed by atoms with Crippen molar-refractivity contribution in [3.8, 4) is 0 Å². The van der Waals surface area contributed by atoms with Crippen LogP contribution in [0.4, 0.5) is 0 Å². The Labute approximate surface area is 285 Å². The summed E-state index contributed by atoms with van der Waals surface area (Å²) >= 11 is 0. The highest BCUT2D eigenvalue weighted by atomic mass is 32.2. The van der Waals surface area contributed by atoms with E-state index in [1.165, 1.54) is 11.0 Å². The normalized spacial score (nSPS) is 25.7. The van der Waals surface area contributed by atoms with Gasteiger partial charge in [0.2, 0.25) is 27.7 Å². The molecule has 3 heterocycles. The van der Waals surface area contributed by atoms with E-state index < -0.39 is 73.9 Å². The Morgan fingerprint density at radius 2 is 1.84 bits per heavy atom. The summed E-state index contributed by atoms with van der Waals surface area (Å²) in [5, 5.41) is 8.00. The molecule has 4 fully saturated rings. The minimum Gasteiger partial charge on any atom is -0.346 e. The molecule has 4 N–H and O–H groups in total. The van der Waals surface area contributed by atoms with Crippen LogP contribution in [-0.2, 0) is 29.2 Å². The van der Waals surface area contributed by atoms with Crippen molar-refractivity contribution in [2.75, 3.05) is 6.54 Å². The number of carbonyl (C=O) groups is 5. The summed E-state index contributed by atoms with van der Waals surface area (Å²) in [6, 6.07) is 2.59. The van der Waals surface area contributed by atoms with Gasteiger partial charge in [-0.05, 0) is 68.9 Å². The molecular weight excluding hydrogens is 650 g/mol. The van der Waals surface area contributed by atoms with Crippen molar-refractivity contribution >= 4 is 45.2 Å². The van der Waals surface area contributed by atoms with Crippen molar-refractivity contribution in [3.05, 3.63) is 48.4 Å². The summed E-state index contributed by atoms with van der Waals surface area (Å²) in [4.78, 5) is 74.3. The van der Waals surface area contributed by atoms with Crippen LogP contribution in [0.3, 0.4) is 0 Å². The first kappa shape index (κ1) is 34.6. The fourth-order valence-electron chi connectivity index (χ4n) is 6.71. The minimum absolute atomic E-state index is 0.0167. The Bertz CT molecular complexity index is 1820. The van der Waals surface area contributed by atoms with Crippen molar-refractivity contribution in [1.82, 2.24) is 35.0 Å². The van der Waals surface area contributed by atoms with Gasteiger partial charge >= 0.3 is 0 Å². The Kier molecular flexibility index (Phi) is 8.87. The molecule has 2 aromatic heterocycles. The quantitative estimate of drug-likeness (QED) is 0.240. The number of sulfonamides is 1. The lowest BCUT2D eigenvalue weighted by Gasteiger charge is -2.35. The van der Waals surface area contributed by atoms with Crippen LogP contribution in [-0.4, -0.2) is 87.7 Å². The number of amides is 5. The van der Waals surface area contributed by atoms with E-state index in [1.807, 2.05) is 26.8 Å². The largest absolute Gasteiger partial charge is 0.346 e. The number of hydrogen-bond acceptors (Lipinski definition) is 8. The molecule has 1 aliphatic heterocycles. The van der Waals surface area contributed by atoms with Gasteiger partial charge < -0.3 is 20.9 Å². The molecule has 0 radical (unpaired) electrons. The smallest absolute Gasteiger partial charge is 0.270 e. The minimum atomic E-state index is -3.89. The second kappa shape index (κ2) is 12.6. The van der Waals surface area contributed by atoms with Gasteiger partial charge in [0.25, 0.3) is 11.8 Å². The number of nitrogens with zero attached hydrogens (tertiary/aromatic N) is 3. The number of aromatic nitrogens is 2. The highest BCUT2D eigenvalue weighted by Crippen LogP contribution is 2.45. The molecule has 3 saturated carbocycles. The molecule has 264 valence electrons. The fourth-order valence-corrected chi connectivity index (χ4v) is 8.08. The van der Waals surface area contributed by atoms with E-state index in [4.69, 9.17) is 0 Å². The van der Waals surface area contributed by atoms with E-state index in [0.717, 1.165) is 12.8 Å². The van der Waals surface area contributed by atoms with Crippen LogP contribution < -0.4 is 20.7 Å². The average molecular weight is 696 g/mol. The number of fused-ring (bicyclic) bond motifs is 1. The van der Waals surface area contributed by atoms with Crippen LogP contribution in [0.25, 0.3) is 5.65 Å². The van der Waals surface area contributed by atoms with Crippen molar-refractivity contribution in [3.63, 3.8) is 0 Å². The number of imidazole rings is 1. The third-order valence-corrected chi connectivity index (χ3v) is 11.8. The first-order valence-electron chi connectivity index (χ1n) is 16.9. The number of rotatable bonds is 12. The first-order chi connectivity index (χ1) is 23.0. The predicted molar refractivity (Wildman–Crippen MR) is 179 cm³/mol. The molecular formula is C34H45N7O7S. The van der Waals surface area contributed by atoms with Crippen LogP contribution >= 0.6 is 0 Å². The lowest BCUT2D eigenvalue weighted by molar-refractivity contribution is -0.144. The van der Waals surface area contributed by atoms with Crippen molar-refractivity contribution in [1.29, 1.82) is 0 Å². The fraction of sp³-hybridized carbons (Fsp3) is 0.588. The van der Waals surface area contributed by atoms with Gasteiger partial charge in [0.05, 0.1) is 10.9 Å². The van der Waals surface area contributed by atoms with Gasteiger partial charge in [-0.15, -0.1) is 6.58 Å². The van der Waals surface area contributed by atoms with Crippen LogP contribution in [0.15, 0.2) is 37.1 Å². The third kappa shape index (κ3) is 7.08. The number of carbonyl (C=O) groups excluding carboxylic acids is 5. The van der Waals surface area contributed by atoms with Gasteiger partial charge in [0.15, 0.2) is 0 Å². The second-order valence-electron chi connectivity index (χ2n) is 15.1. The maximum absolute atomic E-state index is 14.4. The Hall–Kier alpha value is -4.27. The summed E-state index contributed by atoms with van der Waals surface area (Å²) in [5.41, 5.74) is -0.857. The molecule has 2 unspecified atom stereocenters. The Morgan fingerprint density at radius 3 is 2.45 bits per heavy atom. The Balaban J connectivity index is 1.26. The number of likely N-dealkylation sites (tertiary alicyclic amines) is 1. The van der Waals surface area contributed by atoms with E-state index in [2.05, 4.69) is 32.2 Å². The second-order valence-corrected chi connectivity index (χ2v) is 17.0. The van der Waals surface area contributed by atoms with E-state index in [-0.39, 0.29) is 25.3 Å². The van der Waals surface area contributed by atoms with E-state index in [1.54, 1.807) is 29.7 Å². The highest BCUT2D eigenvalue weighted by molar-refractivity contribution is 7.91. The molecule has 0 bridgehead atoms. The zero-order chi connectivity index (χ0) is 35.5. The molecule has 5 amide bonds. The van der Waals surface area contributed by atoms with Crippen molar-refractivity contribution in [2.45, 2.75) is 102 Å². The standard InChI is InChI=1S/C34H45N7O7S/c1-6-21-17-34(21,32(46)39-49(47,48)23-12-13-23)38-29(43)24-16-22(36-30(44)27-19(2)35-25-9-7-8-14-40(25)27)18-41(24)31(45)28(33(3,4)5)37-26(42)15-20-10-11-20/h6-9,14,20-24,28H,1,10-13,15-18H2,2-5H3,(H,36,44)(H,37,42)(H,38,43)(H,39,46)/t21?,22-,24+,28-,34?/m1/s1. The third-order valence-electron chi connectivity index (χ3n) is 9.98. The van der Waals surface area contributed by atoms with Gasteiger partial charge in [-0.25, -0.2) is 13.4 Å². The molecule has 0 aromatic carbocycles. The molecule has 3 aliphatic carbocycles. The van der Waals surface area contributed by atoms with Gasteiger partial charge in [-0.2, -0.15) is 0 Å².